The molecule has 1 fully saturated rings. The van der Waals surface area contributed by atoms with E-state index < -0.39 is 6.10 Å². The van der Waals surface area contributed by atoms with Crippen LogP contribution < -0.4 is 22.8 Å². The average molecular weight is 446 g/mol. The Morgan fingerprint density at radius 2 is 1.74 bits per heavy atom. The summed E-state index contributed by atoms with van der Waals surface area (Å²) in [6, 6.07) is 15.8. The second-order valence-electron chi connectivity index (χ2n) is 7.81. The predicted molar refractivity (Wildman–Crippen MR) is 116 cm³/mol. The predicted octanol–water partition coefficient (Wildman–Crippen LogP) is -0.993. The first-order valence-electron chi connectivity index (χ1n) is 10.5. The Morgan fingerprint density at radius 1 is 1.03 bits per heavy atom. The molecule has 1 aliphatic rings. The molecular formula is C23H30ClN4O3-. The van der Waals surface area contributed by atoms with Crippen molar-refractivity contribution in [2.75, 3.05) is 39.5 Å². The number of para-hydroxylation sites is 2. The van der Waals surface area contributed by atoms with Gasteiger partial charge in [0.25, 0.3) is 0 Å². The van der Waals surface area contributed by atoms with Crippen LogP contribution in [0.2, 0.25) is 0 Å². The fraction of sp³-hybridized carbons (Fsp3) is 0.435. The van der Waals surface area contributed by atoms with E-state index in [1.807, 2.05) is 64.6 Å². The van der Waals surface area contributed by atoms with Crippen molar-refractivity contribution in [3.8, 4) is 5.75 Å². The molecule has 3 aromatic rings. The highest BCUT2D eigenvalue weighted by Gasteiger charge is 2.16. The summed E-state index contributed by atoms with van der Waals surface area (Å²) in [5.74, 6) is 0.748. The van der Waals surface area contributed by atoms with Gasteiger partial charge >= 0.3 is 0 Å². The molecule has 4 rings (SSSR count). The molecule has 0 bridgehead atoms. The molecule has 2 heterocycles. The number of benzene rings is 2. The molecule has 1 atom stereocenters. The van der Waals surface area contributed by atoms with Gasteiger partial charge in [0, 0.05) is 26.2 Å². The Bertz CT molecular complexity index is 1040. The van der Waals surface area contributed by atoms with E-state index in [-0.39, 0.29) is 19.0 Å². The number of halogens is 1. The van der Waals surface area contributed by atoms with Gasteiger partial charge in [-0.25, -0.2) is 0 Å². The number of nitrogens with one attached hydrogen (secondary N) is 1. The number of morpholine rings is 1. The Balaban J connectivity index is 0.00000272. The summed E-state index contributed by atoms with van der Waals surface area (Å²) in [5, 5.41) is 19.3. The number of hydrogen-bond donors (Lipinski definition) is 2. The second kappa shape index (κ2) is 10.8. The fourth-order valence-corrected chi connectivity index (χ4v) is 3.93. The number of aliphatic hydroxyl groups is 1. The van der Waals surface area contributed by atoms with Crippen molar-refractivity contribution in [3.63, 3.8) is 0 Å². The number of aryl methyl sites for hydroxylation is 1. The van der Waals surface area contributed by atoms with Gasteiger partial charge in [-0.1, -0.05) is 24.3 Å². The average Bonchev–Trinajstić information content (AvgIpc) is 3.03. The number of hydrogen-bond acceptors (Lipinski definition) is 5. The quantitative estimate of drug-likeness (QED) is 0.467. The molecule has 168 valence electrons. The van der Waals surface area contributed by atoms with Crippen LogP contribution in [0.4, 0.5) is 0 Å². The molecule has 2 N–H and O–H groups in total. The lowest BCUT2D eigenvalue weighted by atomic mass is 10.2. The number of fused-ring (bicyclic) bond motifs is 1. The van der Waals surface area contributed by atoms with Crippen LogP contribution in [0.1, 0.15) is 5.56 Å². The number of nitrogens with zero attached hydrogens (tertiary/aromatic N) is 3. The molecule has 1 saturated heterocycles. The van der Waals surface area contributed by atoms with E-state index in [1.165, 1.54) is 0 Å². The Hall–Kier alpha value is -2.32. The van der Waals surface area contributed by atoms with E-state index in [1.54, 1.807) is 0 Å². The molecule has 8 heteroatoms. The van der Waals surface area contributed by atoms with Crippen molar-refractivity contribution in [3.05, 3.63) is 59.7 Å². The SMILES string of the molecule is Cc1cccc(OCC(O)Cn2c(=N)n(CCN3CCOCC3)c3ccccc32)c1.[Cl-]. The third-order valence-corrected chi connectivity index (χ3v) is 5.54. The van der Waals surface area contributed by atoms with Crippen molar-refractivity contribution >= 4 is 11.0 Å². The molecular weight excluding hydrogens is 416 g/mol. The molecule has 1 aromatic heterocycles. The summed E-state index contributed by atoms with van der Waals surface area (Å²) in [7, 11) is 0. The highest BCUT2D eigenvalue weighted by molar-refractivity contribution is 5.75. The topological polar surface area (TPSA) is 75.6 Å². The maximum Gasteiger partial charge on any atom is 0.203 e. The zero-order chi connectivity index (χ0) is 20.9. The molecule has 7 nitrogen and oxygen atoms in total. The molecule has 0 spiro atoms. The maximum atomic E-state index is 10.6. The van der Waals surface area contributed by atoms with Gasteiger partial charge in [0.15, 0.2) is 0 Å². The van der Waals surface area contributed by atoms with Crippen LogP contribution in [0.3, 0.4) is 0 Å². The van der Waals surface area contributed by atoms with E-state index in [2.05, 4.69) is 4.90 Å². The highest BCUT2D eigenvalue weighted by Crippen LogP contribution is 2.15. The molecule has 31 heavy (non-hydrogen) atoms. The maximum absolute atomic E-state index is 10.6. The molecule has 0 aliphatic carbocycles. The van der Waals surface area contributed by atoms with Gasteiger partial charge in [-0.3, -0.25) is 10.3 Å². The van der Waals surface area contributed by atoms with Crippen LogP contribution in [0.5, 0.6) is 5.75 Å². The molecule has 0 saturated carbocycles. The van der Waals surface area contributed by atoms with Crippen molar-refractivity contribution in [1.82, 2.24) is 14.0 Å². The Morgan fingerprint density at radius 3 is 2.45 bits per heavy atom. The molecule has 1 unspecified atom stereocenters. The van der Waals surface area contributed by atoms with Gasteiger partial charge in [0.2, 0.25) is 5.62 Å². The lowest BCUT2D eigenvalue weighted by Gasteiger charge is -2.26. The normalized spacial score (nSPS) is 15.5. The molecule has 2 aromatic carbocycles. The van der Waals surface area contributed by atoms with Gasteiger partial charge in [0.1, 0.15) is 18.5 Å². The van der Waals surface area contributed by atoms with Crippen LogP contribution in [0.15, 0.2) is 48.5 Å². The highest BCUT2D eigenvalue weighted by atomic mass is 35.5. The summed E-state index contributed by atoms with van der Waals surface area (Å²) in [5.41, 5.74) is 3.49. The van der Waals surface area contributed by atoms with Crippen molar-refractivity contribution in [2.24, 2.45) is 0 Å². The minimum atomic E-state index is -0.710. The minimum Gasteiger partial charge on any atom is -1.00 e. The van der Waals surface area contributed by atoms with Gasteiger partial charge < -0.3 is 36.1 Å². The summed E-state index contributed by atoms with van der Waals surface area (Å²) in [6.45, 7) is 7.54. The fourth-order valence-electron chi connectivity index (χ4n) is 3.93. The third-order valence-electron chi connectivity index (χ3n) is 5.54. The zero-order valence-corrected chi connectivity index (χ0v) is 18.6. The summed E-state index contributed by atoms with van der Waals surface area (Å²) < 4.78 is 15.1. The van der Waals surface area contributed by atoms with Crippen molar-refractivity contribution < 1.29 is 27.0 Å². The minimum absolute atomic E-state index is 0. The summed E-state index contributed by atoms with van der Waals surface area (Å²) in [4.78, 5) is 2.37. The van der Waals surface area contributed by atoms with E-state index in [0.29, 0.717) is 12.2 Å². The number of ether oxygens (including phenoxy) is 2. The van der Waals surface area contributed by atoms with Crippen molar-refractivity contribution in [1.29, 1.82) is 5.41 Å². The summed E-state index contributed by atoms with van der Waals surface area (Å²) in [6.07, 6.45) is -0.710. The van der Waals surface area contributed by atoms with Crippen LogP contribution in [0, 0.1) is 12.3 Å². The first kappa shape index (κ1) is 23.3. The number of imidazole rings is 1. The van der Waals surface area contributed by atoms with Crippen molar-refractivity contribution in [2.45, 2.75) is 26.1 Å². The first-order chi connectivity index (χ1) is 14.6. The Kier molecular flexibility index (Phi) is 8.15. The Labute approximate surface area is 188 Å². The van der Waals surface area contributed by atoms with E-state index >= 15 is 0 Å². The van der Waals surface area contributed by atoms with Crippen LogP contribution in [-0.2, 0) is 17.8 Å². The smallest absolute Gasteiger partial charge is 0.203 e. The third kappa shape index (κ3) is 5.68. The molecule has 0 radical (unpaired) electrons. The number of rotatable bonds is 8. The number of aromatic nitrogens is 2. The first-order valence-corrected chi connectivity index (χ1v) is 10.5. The van der Waals surface area contributed by atoms with E-state index in [9.17, 15) is 5.11 Å². The lowest BCUT2D eigenvalue weighted by Crippen LogP contribution is -3.00. The van der Waals surface area contributed by atoms with Crippen LogP contribution in [-0.4, -0.2) is 64.7 Å². The second-order valence-corrected chi connectivity index (χ2v) is 7.81. The van der Waals surface area contributed by atoms with Crippen LogP contribution in [0.25, 0.3) is 11.0 Å². The summed E-state index contributed by atoms with van der Waals surface area (Å²) >= 11 is 0. The zero-order valence-electron chi connectivity index (χ0n) is 17.8. The van der Waals surface area contributed by atoms with Gasteiger partial charge in [-0.05, 0) is 36.8 Å². The number of aliphatic hydroxyl groups excluding tert-OH is 1. The lowest BCUT2D eigenvalue weighted by molar-refractivity contribution is -0.00001000. The van der Waals surface area contributed by atoms with Crippen LogP contribution >= 0.6 is 0 Å². The largest absolute Gasteiger partial charge is 1.00 e. The van der Waals surface area contributed by atoms with E-state index in [0.717, 1.165) is 61.7 Å². The van der Waals surface area contributed by atoms with Gasteiger partial charge in [-0.2, -0.15) is 0 Å². The monoisotopic (exact) mass is 445 g/mol. The molecule has 0 amide bonds. The van der Waals surface area contributed by atoms with E-state index in [4.69, 9.17) is 14.9 Å². The molecule has 1 aliphatic heterocycles. The van der Waals surface area contributed by atoms with Gasteiger partial charge in [0.05, 0.1) is 30.8 Å². The van der Waals surface area contributed by atoms with Gasteiger partial charge in [-0.15, -0.1) is 0 Å². The standard InChI is InChI=1S/C23H30N4O3.ClH/c1-18-5-4-6-20(15-18)30-17-19(28)16-27-22-8-3-2-7-21(22)26(23(27)24)10-9-25-11-13-29-14-12-25;/h2-8,15,19,24,28H,9-14,16-17H2,1H3;1H/p-1.